The smallest absolute Gasteiger partial charge is 0.269 e. The monoisotopic (exact) mass is 268 g/mol. The number of hydrogen-bond acceptors (Lipinski definition) is 4. The highest BCUT2D eigenvalue weighted by Crippen LogP contribution is 2.17. The molecule has 0 aliphatic carbocycles. The minimum absolute atomic E-state index is 0.104. The molecule has 0 amide bonds. The van der Waals surface area contributed by atoms with Crippen LogP contribution in [0.25, 0.3) is 11.0 Å². The highest BCUT2D eigenvalue weighted by Gasteiger charge is 2.04. The molecular weight excluding hydrogens is 256 g/mol. The van der Waals surface area contributed by atoms with E-state index in [1.807, 2.05) is 18.2 Å². The molecule has 0 saturated carbocycles. The van der Waals surface area contributed by atoms with Crippen LogP contribution in [0.1, 0.15) is 5.56 Å². The number of non-ortho nitro benzene ring substituents is 1. The lowest BCUT2D eigenvalue weighted by Gasteiger charge is -2.06. The molecule has 0 radical (unpaired) electrons. The number of rotatable bonds is 4. The number of hydrogen-bond donors (Lipinski definition) is 2. The van der Waals surface area contributed by atoms with Crippen LogP contribution in [0, 0.1) is 10.1 Å². The van der Waals surface area contributed by atoms with E-state index in [1.54, 1.807) is 18.5 Å². The molecular formula is C14H12N4O2. The Hall–Kier alpha value is -2.89. The number of nitro groups is 1. The summed E-state index contributed by atoms with van der Waals surface area (Å²) in [5.74, 6) is 0. The predicted molar refractivity (Wildman–Crippen MR) is 76.5 cm³/mol. The number of imidazole rings is 1. The molecule has 0 aliphatic heterocycles. The van der Waals surface area contributed by atoms with Crippen molar-refractivity contribution in [2.24, 2.45) is 0 Å². The van der Waals surface area contributed by atoms with Crippen LogP contribution in [-0.2, 0) is 6.54 Å². The van der Waals surface area contributed by atoms with Crippen molar-refractivity contribution in [3.63, 3.8) is 0 Å². The lowest BCUT2D eigenvalue weighted by Crippen LogP contribution is -1.99. The maximum absolute atomic E-state index is 10.6. The molecule has 2 N–H and O–H groups in total. The molecule has 0 unspecified atom stereocenters. The van der Waals surface area contributed by atoms with Crippen LogP contribution in [0.15, 0.2) is 48.8 Å². The summed E-state index contributed by atoms with van der Waals surface area (Å²) in [5.41, 5.74) is 3.96. The summed E-state index contributed by atoms with van der Waals surface area (Å²) in [7, 11) is 0. The molecule has 1 heterocycles. The molecule has 0 saturated heterocycles. The summed E-state index contributed by atoms with van der Waals surface area (Å²) in [6, 6.07) is 12.4. The summed E-state index contributed by atoms with van der Waals surface area (Å²) < 4.78 is 0. The maximum atomic E-state index is 10.6. The van der Waals surface area contributed by atoms with Gasteiger partial charge in [0.05, 0.1) is 22.3 Å². The zero-order chi connectivity index (χ0) is 13.9. The van der Waals surface area contributed by atoms with Crippen LogP contribution < -0.4 is 5.32 Å². The van der Waals surface area contributed by atoms with Crippen molar-refractivity contribution in [3.8, 4) is 0 Å². The van der Waals surface area contributed by atoms with E-state index in [2.05, 4.69) is 15.3 Å². The Bertz CT molecular complexity index is 749. The Morgan fingerprint density at radius 2 is 2.00 bits per heavy atom. The topological polar surface area (TPSA) is 83.8 Å². The van der Waals surface area contributed by atoms with Gasteiger partial charge in [-0.2, -0.15) is 0 Å². The van der Waals surface area contributed by atoms with Crippen molar-refractivity contribution < 1.29 is 4.92 Å². The van der Waals surface area contributed by atoms with Crippen molar-refractivity contribution in [2.45, 2.75) is 6.54 Å². The van der Waals surface area contributed by atoms with E-state index >= 15 is 0 Å². The molecule has 20 heavy (non-hydrogen) atoms. The SMILES string of the molecule is O=[N+]([O-])c1ccc(CNc2ccc3nc[nH]c3c2)cc1. The van der Waals surface area contributed by atoms with E-state index in [4.69, 9.17) is 0 Å². The molecule has 1 aromatic heterocycles. The van der Waals surface area contributed by atoms with Gasteiger partial charge in [-0.15, -0.1) is 0 Å². The van der Waals surface area contributed by atoms with Crippen LogP contribution in [0.4, 0.5) is 11.4 Å². The van der Waals surface area contributed by atoms with Gasteiger partial charge in [0.1, 0.15) is 0 Å². The van der Waals surface area contributed by atoms with Crippen molar-refractivity contribution in [1.29, 1.82) is 0 Å². The first kappa shape index (κ1) is 12.2. The van der Waals surface area contributed by atoms with E-state index in [1.165, 1.54) is 12.1 Å². The summed E-state index contributed by atoms with van der Waals surface area (Å²) in [6.45, 7) is 0.609. The van der Waals surface area contributed by atoms with Gasteiger partial charge in [0.15, 0.2) is 0 Å². The first-order valence-corrected chi connectivity index (χ1v) is 6.13. The van der Waals surface area contributed by atoms with Crippen LogP contribution >= 0.6 is 0 Å². The van der Waals surface area contributed by atoms with Crippen LogP contribution in [-0.4, -0.2) is 14.9 Å². The van der Waals surface area contributed by atoms with Gasteiger partial charge in [0.25, 0.3) is 5.69 Å². The molecule has 100 valence electrons. The zero-order valence-electron chi connectivity index (χ0n) is 10.5. The first-order valence-electron chi connectivity index (χ1n) is 6.13. The summed E-state index contributed by atoms with van der Waals surface area (Å²) in [4.78, 5) is 17.4. The quantitative estimate of drug-likeness (QED) is 0.562. The molecule has 0 bridgehead atoms. The third-order valence-electron chi connectivity index (χ3n) is 3.06. The van der Waals surface area contributed by atoms with Gasteiger partial charge in [-0.25, -0.2) is 4.98 Å². The number of nitrogens with one attached hydrogen (secondary N) is 2. The van der Waals surface area contributed by atoms with Gasteiger partial charge in [-0.05, 0) is 23.8 Å². The second kappa shape index (κ2) is 5.00. The molecule has 2 aromatic carbocycles. The van der Waals surface area contributed by atoms with Gasteiger partial charge in [-0.3, -0.25) is 10.1 Å². The molecule has 0 aliphatic rings. The summed E-state index contributed by atoms with van der Waals surface area (Å²) in [5, 5.41) is 13.8. The van der Waals surface area contributed by atoms with E-state index in [0.29, 0.717) is 6.54 Å². The van der Waals surface area contributed by atoms with Gasteiger partial charge in [-0.1, -0.05) is 12.1 Å². The molecule has 6 nitrogen and oxygen atoms in total. The van der Waals surface area contributed by atoms with Crippen molar-refractivity contribution in [1.82, 2.24) is 9.97 Å². The lowest BCUT2D eigenvalue weighted by molar-refractivity contribution is -0.384. The zero-order valence-corrected chi connectivity index (χ0v) is 10.5. The Labute approximate surface area is 114 Å². The van der Waals surface area contributed by atoms with Crippen LogP contribution in [0.3, 0.4) is 0 Å². The summed E-state index contributed by atoms with van der Waals surface area (Å²) in [6.07, 6.45) is 1.66. The molecule has 0 spiro atoms. The third-order valence-corrected chi connectivity index (χ3v) is 3.06. The van der Waals surface area contributed by atoms with Crippen molar-refractivity contribution in [3.05, 3.63) is 64.5 Å². The Balaban J connectivity index is 1.70. The highest BCUT2D eigenvalue weighted by atomic mass is 16.6. The number of fused-ring (bicyclic) bond motifs is 1. The third kappa shape index (κ3) is 2.44. The minimum Gasteiger partial charge on any atom is -0.381 e. The number of H-pyrrole nitrogens is 1. The van der Waals surface area contributed by atoms with E-state index < -0.39 is 4.92 Å². The van der Waals surface area contributed by atoms with Crippen molar-refractivity contribution >= 4 is 22.4 Å². The average molecular weight is 268 g/mol. The first-order chi connectivity index (χ1) is 9.72. The van der Waals surface area contributed by atoms with E-state index in [-0.39, 0.29) is 5.69 Å². The number of benzene rings is 2. The van der Waals surface area contributed by atoms with Gasteiger partial charge in [0, 0.05) is 24.4 Å². The average Bonchev–Trinajstić information content (AvgIpc) is 2.93. The number of anilines is 1. The predicted octanol–water partition coefficient (Wildman–Crippen LogP) is 3.08. The molecule has 3 aromatic rings. The highest BCUT2D eigenvalue weighted by molar-refractivity contribution is 5.78. The number of aromatic nitrogens is 2. The fourth-order valence-corrected chi connectivity index (χ4v) is 1.99. The second-order valence-corrected chi connectivity index (χ2v) is 4.41. The van der Waals surface area contributed by atoms with E-state index in [9.17, 15) is 10.1 Å². The van der Waals surface area contributed by atoms with Gasteiger partial charge < -0.3 is 10.3 Å². The molecule has 0 fully saturated rings. The maximum Gasteiger partial charge on any atom is 0.269 e. The molecule has 3 rings (SSSR count). The number of nitrogens with zero attached hydrogens (tertiary/aromatic N) is 2. The minimum atomic E-state index is -0.399. The van der Waals surface area contributed by atoms with Gasteiger partial charge in [0.2, 0.25) is 0 Å². The fourth-order valence-electron chi connectivity index (χ4n) is 1.99. The normalized spacial score (nSPS) is 10.6. The van der Waals surface area contributed by atoms with Crippen LogP contribution in [0.5, 0.6) is 0 Å². The summed E-state index contributed by atoms with van der Waals surface area (Å²) >= 11 is 0. The number of aromatic amines is 1. The largest absolute Gasteiger partial charge is 0.381 e. The van der Waals surface area contributed by atoms with Crippen molar-refractivity contribution in [2.75, 3.05) is 5.32 Å². The van der Waals surface area contributed by atoms with Gasteiger partial charge >= 0.3 is 0 Å². The second-order valence-electron chi connectivity index (χ2n) is 4.41. The molecule has 0 atom stereocenters. The number of nitro benzene ring substituents is 1. The van der Waals surface area contributed by atoms with E-state index in [0.717, 1.165) is 22.3 Å². The molecule has 6 heteroatoms. The Kier molecular flexibility index (Phi) is 3.04. The van der Waals surface area contributed by atoms with Crippen LogP contribution in [0.2, 0.25) is 0 Å². The lowest BCUT2D eigenvalue weighted by atomic mass is 10.2. The Morgan fingerprint density at radius 3 is 2.75 bits per heavy atom. The Morgan fingerprint density at radius 1 is 1.20 bits per heavy atom. The standard InChI is InChI=1S/C14H12N4O2/c19-18(20)12-4-1-10(2-5-12)8-15-11-3-6-13-14(7-11)17-9-16-13/h1-7,9,15H,8H2,(H,16,17). The fraction of sp³-hybridized carbons (Fsp3) is 0.0714.